The van der Waals surface area contributed by atoms with Gasteiger partial charge in [0.15, 0.2) is 0 Å². The molecule has 0 radical (unpaired) electrons. The fourth-order valence-corrected chi connectivity index (χ4v) is 7.55. The third-order valence-corrected chi connectivity index (χ3v) is 10.4. The second kappa shape index (κ2) is 24.5. The molecule has 2 heterocycles. The van der Waals surface area contributed by atoms with E-state index in [2.05, 4.69) is 66.0 Å². The van der Waals surface area contributed by atoms with Gasteiger partial charge in [-0.3, -0.25) is 4.98 Å². The van der Waals surface area contributed by atoms with E-state index >= 15 is 0 Å². The first-order valence-corrected chi connectivity index (χ1v) is 20.6. The number of hydrogen-bond acceptors (Lipinski definition) is 2. The van der Waals surface area contributed by atoms with Crippen LogP contribution in [0.25, 0.3) is 22.2 Å². The molecule has 2 aromatic heterocycles. The molecule has 258 valence electrons. The Hall–Kier alpha value is -1.68. The van der Waals surface area contributed by atoms with Crippen LogP contribution in [0.2, 0.25) is 0 Å². The number of nitrogens with one attached hydrogen (secondary N) is 1. The van der Waals surface area contributed by atoms with E-state index in [-0.39, 0.29) is 0 Å². The van der Waals surface area contributed by atoms with E-state index in [1.807, 2.05) is 0 Å². The van der Waals surface area contributed by atoms with Crippen LogP contribution in [-0.2, 0) is 19.3 Å². The maximum Gasteiger partial charge on any atom is 0.0954 e. The zero-order chi connectivity index (χ0) is 32.7. The molecule has 1 N–H and O–H groups in total. The first-order valence-electron chi connectivity index (χ1n) is 19.8. The van der Waals surface area contributed by atoms with Crippen molar-refractivity contribution in [3.05, 3.63) is 46.0 Å². The zero-order valence-electron chi connectivity index (χ0n) is 30.2. The molecule has 0 bridgehead atoms. The Labute approximate surface area is 292 Å². The molecule has 3 nitrogen and oxygen atoms in total. The highest BCUT2D eigenvalue weighted by atomic mass is 79.9. The van der Waals surface area contributed by atoms with Gasteiger partial charge in [0, 0.05) is 16.5 Å². The molecular weight excluding hydrogens is 626 g/mol. The maximum atomic E-state index is 5.57. The monoisotopic (exact) mass is 693 g/mol. The van der Waals surface area contributed by atoms with E-state index in [0.717, 1.165) is 35.1 Å². The number of para-hydroxylation sites is 1. The number of fused-ring (bicyclic) bond motifs is 1. The molecule has 4 heteroatoms. The van der Waals surface area contributed by atoms with Crippen molar-refractivity contribution in [2.75, 3.05) is 0 Å². The molecule has 3 rings (SSSR count). The van der Waals surface area contributed by atoms with Crippen LogP contribution in [0.15, 0.2) is 28.9 Å². The normalized spacial score (nSPS) is 11.7. The van der Waals surface area contributed by atoms with Crippen molar-refractivity contribution in [2.45, 2.75) is 194 Å². The number of aromatic nitrogens is 3. The number of H-pyrrole nitrogens is 1. The van der Waals surface area contributed by atoms with E-state index in [1.54, 1.807) is 0 Å². The molecule has 0 aliphatic heterocycles. The van der Waals surface area contributed by atoms with Gasteiger partial charge in [-0.2, -0.15) is 0 Å². The minimum Gasteiger partial charge on any atom is -0.349 e. The molecule has 3 aromatic rings. The molecule has 0 saturated carbocycles. The van der Waals surface area contributed by atoms with E-state index in [9.17, 15) is 0 Å². The topological polar surface area (TPSA) is 41.6 Å². The van der Waals surface area contributed by atoms with Crippen molar-refractivity contribution in [3.8, 4) is 11.3 Å². The first kappa shape index (κ1) is 38.8. The third-order valence-electron chi connectivity index (χ3n) is 9.82. The minimum atomic E-state index is 1.02. The maximum absolute atomic E-state index is 5.57. The lowest BCUT2D eigenvalue weighted by Crippen LogP contribution is -2.09. The van der Waals surface area contributed by atoms with Crippen molar-refractivity contribution < 1.29 is 0 Å². The van der Waals surface area contributed by atoms with Crippen molar-refractivity contribution in [2.24, 2.45) is 0 Å². The van der Waals surface area contributed by atoms with Gasteiger partial charge in [0.25, 0.3) is 0 Å². The summed E-state index contributed by atoms with van der Waals surface area (Å²) in [6.07, 6.45) is 35.4. The minimum absolute atomic E-state index is 1.02. The average Bonchev–Trinajstić information content (AvgIpc) is 3.40. The molecule has 0 saturated heterocycles. The Morgan fingerprint density at radius 2 is 0.870 bits per heavy atom. The van der Waals surface area contributed by atoms with Gasteiger partial charge >= 0.3 is 0 Å². The molecular formula is C42H68BrN3. The van der Waals surface area contributed by atoms with Gasteiger partial charge in [0.05, 0.1) is 27.4 Å². The predicted octanol–water partition coefficient (Wildman–Crippen LogP) is 14.4. The van der Waals surface area contributed by atoms with E-state index in [4.69, 9.17) is 9.97 Å². The van der Waals surface area contributed by atoms with Crippen molar-refractivity contribution in [1.29, 1.82) is 0 Å². The van der Waals surface area contributed by atoms with Crippen LogP contribution >= 0.6 is 15.9 Å². The van der Waals surface area contributed by atoms with Crippen LogP contribution in [-0.4, -0.2) is 15.0 Å². The van der Waals surface area contributed by atoms with Gasteiger partial charge in [-0.1, -0.05) is 174 Å². The van der Waals surface area contributed by atoms with Gasteiger partial charge < -0.3 is 4.98 Å². The lowest BCUT2D eigenvalue weighted by atomic mass is 9.99. The summed E-state index contributed by atoms with van der Waals surface area (Å²) in [5, 5.41) is 1.25. The van der Waals surface area contributed by atoms with E-state index in [0.29, 0.717) is 0 Å². The smallest absolute Gasteiger partial charge is 0.0954 e. The lowest BCUT2D eigenvalue weighted by Gasteiger charge is -2.16. The molecule has 0 fully saturated rings. The number of nitrogens with zero attached hydrogens (tertiary/aromatic N) is 2. The fourth-order valence-electron chi connectivity index (χ4n) is 6.94. The van der Waals surface area contributed by atoms with E-state index in [1.165, 1.54) is 182 Å². The van der Waals surface area contributed by atoms with Gasteiger partial charge in [0.1, 0.15) is 0 Å². The molecule has 0 spiro atoms. The number of aryl methyl sites for hydroxylation is 3. The largest absolute Gasteiger partial charge is 0.349 e. The number of halogens is 1. The second-order valence-electron chi connectivity index (χ2n) is 13.9. The molecule has 46 heavy (non-hydrogen) atoms. The Balaban J connectivity index is 1.77. The van der Waals surface area contributed by atoms with Crippen molar-refractivity contribution >= 4 is 26.8 Å². The van der Waals surface area contributed by atoms with Gasteiger partial charge in [-0.05, 0) is 60.5 Å². The average molecular weight is 695 g/mol. The molecule has 0 aliphatic rings. The van der Waals surface area contributed by atoms with Crippen LogP contribution in [0.1, 0.15) is 192 Å². The number of aromatic amines is 1. The SMILES string of the molecule is CCCCCCCCCCc1nc(CCCCCCCCCC)c(-c2c(Br)[nH]c3ccccc23)nc1CCCCCCCCCC. The van der Waals surface area contributed by atoms with Gasteiger partial charge in [0.2, 0.25) is 0 Å². The number of rotatable bonds is 28. The van der Waals surface area contributed by atoms with Crippen LogP contribution in [0.3, 0.4) is 0 Å². The highest BCUT2D eigenvalue weighted by Gasteiger charge is 2.20. The molecule has 0 aliphatic carbocycles. The second-order valence-corrected chi connectivity index (χ2v) is 14.7. The summed E-state index contributed by atoms with van der Waals surface area (Å²) < 4.78 is 1.04. The van der Waals surface area contributed by atoms with Crippen LogP contribution < -0.4 is 0 Å². The predicted molar refractivity (Wildman–Crippen MR) is 206 cm³/mol. The summed E-state index contributed by atoms with van der Waals surface area (Å²) >= 11 is 3.90. The molecule has 1 aromatic carbocycles. The number of benzene rings is 1. The van der Waals surface area contributed by atoms with Crippen molar-refractivity contribution in [1.82, 2.24) is 15.0 Å². The van der Waals surface area contributed by atoms with Gasteiger partial charge in [-0.25, -0.2) is 4.98 Å². The summed E-state index contributed by atoms with van der Waals surface area (Å²) in [6, 6.07) is 8.67. The first-order chi connectivity index (χ1) is 22.7. The zero-order valence-corrected chi connectivity index (χ0v) is 31.8. The summed E-state index contributed by atoms with van der Waals surface area (Å²) in [5.74, 6) is 0. The summed E-state index contributed by atoms with van der Waals surface area (Å²) in [4.78, 5) is 14.7. The highest BCUT2D eigenvalue weighted by Crippen LogP contribution is 2.37. The van der Waals surface area contributed by atoms with Crippen LogP contribution in [0, 0.1) is 0 Å². The molecule has 0 unspecified atom stereocenters. The number of hydrogen-bond donors (Lipinski definition) is 1. The third kappa shape index (κ3) is 14.2. The molecule has 0 amide bonds. The van der Waals surface area contributed by atoms with Crippen molar-refractivity contribution in [3.63, 3.8) is 0 Å². The fraction of sp³-hybridized carbons (Fsp3) is 0.714. The highest BCUT2D eigenvalue weighted by molar-refractivity contribution is 9.10. The Morgan fingerprint density at radius 3 is 1.35 bits per heavy atom. The lowest BCUT2D eigenvalue weighted by molar-refractivity contribution is 0.564. The van der Waals surface area contributed by atoms with Crippen LogP contribution in [0.5, 0.6) is 0 Å². The molecule has 0 atom stereocenters. The van der Waals surface area contributed by atoms with E-state index < -0.39 is 0 Å². The Kier molecular flexibility index (Phi) is 20.6. The summed E-state index contributed by atoms with van der Waals surface area (Å²) in [5.41, 5.74) is 7.25. The summed E-state index contributed by atoms with van der Waals surface area (Å²) in [7, 11) is 0. The Morgan fingerprint density at radius 1 is 0.478 bits per heavy atom. The van der Waals surface area contributed by atoms with Gasteiger partial charge in [-0.15, -0.1) is 0 Å². The summed E-state index contributed by atoms with van der Waals surface area (Å²) in [6.45, 7) is 6.91. The quantitative estimate of drug-likeness (QED) is 0.0769. The number of unbranched alkanes of at least 4 members (excludes halogenated alkanes) is 21. The Bertz CT molecular complexity index is 1200. The van der Waals surface area contributed by atoms with Crippen LogP contribution in [0.4, 0.5) is 0 Å². The standard InChI is InChI=1S/C42H68BrN3/c1-4-7-10-13-16-19-22-25-32-37-38(33-26-23-20-17-14-11-8-5-2)45-41(40-35-30-28-29-31-36(35)46-42(40)43)39(44-37)34-27-24-21-18-15-12-9-6-3/h28-31,46H,4-27,32-34H2,1-3H3.